The van der Waals surface area contributed by atoms with Gasteiger partial charge in [0, 0.05) is 42.0 Å². The highest BCUT2D eigenvalue weighted by Gasteiger charge is 2.32. The minimum atomic E-state index is -4.46. The van der Waals surface area contributed by atoms with Gasteiger partial charge in [-0.05, 0) is 31.0 Å². The second-order valence-corrected chi connectivity index (χ2v) is 7.35. The van der Waals surface area contributed by atoms with Crippen LogP contribution in [0.4, 0.5) is 13.2 Å². The van der Waals surface area contributed by atoms with Crippen molar-refractivity contribution in [2.75, 3.05) is 19.7 Å². The number of carbonyl (C=O) groups is 1. The van der Waals surface area contributed by atoms with Crippen LogP contribution >= 0.6 is 0 Å². The van der Waals surface area contributed by atoms with Crippen LogP contribution in [0.5, 0.6) is 0 Å². The highest BCUT2D eigenvalue weighted by molar-refractivity contribution is 5.81. The van der Waals surface area contributed by atoms with E-state index in [2.05, 4.69) is 20.2 Å². The first-order valence-corrected chi connectivity index (χ1v) is 9.79. The van der Waals surface area contributed by atoms with Crippen LogP contribution in [-0.2, 0) is 11.0 Å². The number of piperidine rings is 1. The molecule has 2 aromatic heterocycles. The number of nitrogens with zero attached hydrogens (tertiary/aromatic N) is 4. The molecule has 0 radical (unpaired) electrons. The Hall–Kier alpha value is -3.27. The van der Waals surface area contributed by atoms with Crippen molar-refractivity contribution in [2.45, 2.75) is 24.9 Å². The number of amides is 1. The summed E-state index contributed by atoms with van der Waals surface area (Å²) in [4.78, 5) is 21.6. The van der Waals surface area contributed by atoms with E-state index in [0.29, 0.717) is 48.4 Å². The minimum absolute atomic E-state index is 0.0137. The van der Waals surface area contributed by atoms with Crippen LogP contribution in [0.1, 0.15) is 30.0 Å². The fourth-order valence-corrected chi connectivity index (χ4v) is 3.92. The van der Waals surface area contributed by atoms with E-state index in [1.54, 1.807) is 23.2 Å². The quantitative estimate of drug-likeness (QED) is 0.661. The number of benzene rings is 1. The molecule has 2 N–H and O–H groups in total. The monoisotopic (exact) mass is 431 g/mol. The van der Waals surface area contributed by atoms with Gasteiger partial charge in [0.25, 0.3) is 0 Å². The molecule has 0 atom stereocenters. The van der Waals surface area contributed by atoms with Crippen LogP contribution < -0.4 is 0 Å². The molecule has 1 aliphatic heterocycles. The molecule has 0 spiro atoms. The number of aliphatic hydroxyl groups is 1. The summed E-state index contributed by atoms with van der Waals surface area (Å²) in [5.41, 5.74) is 1.92. The largest absolute Gasteiger partial charge is 0.416 e. The number of hydrogen-bond donors (Lipinski definition) is 2. The van der Waals surface area contributed by atoms with Crippen molar-refractivity contribution in [2.24, 2.45) is 0 Å². The predicted molar refractivity (Wildman–Crippen MR) is 106 cm³/mol. The Labute approximate surface area is 176 Å². The van der Waals surface area contributed by atoms with Gasteiger partial charge in [-0.1, -0.05) is 12.1 Å². The van der Waals surface area contributed by atoms with E-state index < -0.39 is 18.3 Å². The van der Waals surface area contributed by atoms with Gasteiger partial charge < -0.3 is 10.0 Å². The molecular weight excluding hydrogens is 411 g/mol. The van der Waals surface area contributed by atoms with Crippen molar-refractivity contribution in [3.8, 4) is 22.5 Å². The average Bonchev–Trinajstić information content (AvgIpc) is 3.24. The Morgan fingerprint density at radius 3 is 2.65 bits per heavy atom. The van der Waals surface area contributed by atoms with E-state index in [0.717, 1.165) is 17.8 Å². The van der Waals surface area contributed by atoms with E-state index in [-0.39, 0.29) is 11.8 Å². The summed E-state index contributed by atoms with van der Waals surface area (Å²) in [5.74, 6) is -0.302. The van der Waals surface area contributed by atoms with Crippen molar-refractivity contribution in [3.63, 3.8) is 0 Å². The Balaban J connectivity index is 1.74. The number of carbonyl (C=O) groups excluding carboxylic acids is 1. The van der Waals surface area contributed by atoms with E-state index in [9.17, 15) is 18.0 Å². The first kappa shape index (κ1) is 21.0. The topological polar surface area (TPSA) is 95.0 Å². The normalized spacial score (nSPS) is 15.3. The summed E-state index contributed by atoms with van der Waals surface area (Å²) < 4.78 is 39.7. The molecule has 1 aromatic carbocycles. The van der Waals surface area contributed by atoms with Crippen LogP contribution in [0.15, 0.2) is 42.9 Å². The molecule has 1 amide bonds. The summed E-state index contributed by atoms with van der Waals surface area (Å²) >= 11 is 0. The molecule has 0 aliphatic carbocycles. The number of rotatable bonds is 4. The second kappa shape index (κ2) is 8.46. The van der Waals surface area contributed by atoms with Crippen LogP contribution in [0.25, 0.3) is 22.5 Å². The third-order valence-corrected chi connectivity index (χ3v) is 5.49. The number of hydrogen-bond acceptors (Lipinski definition) is 5. The first-order valence-electron chi connectivity index (χ1n) is 9.79. The number of aromatic amines is 1. The number of likely N-dealkylation sites (tertiary alicyclic amines) is 1. The zero-order valence-corrected chi connectivity index (χ0v) is 16.4. The average molecular weight is 431 g/mol. The smallest absolute Gasteiger partial charge is 0.387 e. The van der Waals surface area contributed by atoms with Gasteiger partial charge >= 0.3 is 6.18 Å². The Kier molecular flexibility index (Phi) is 5.73. The molecule has 1 fully saturated rings. The molecule has 0 bridgehead atoms. The molecule has 162 valence electrons. The molecule has 4 rings (SSSR count). The van der Waals surface area contributed by atoms with Gasteiger partial charge in [0.15, 0.2) is 0 Å². The molecule has 0 unspecified atom stereocenters. The van der Waals surface area contributed by atoms with Crippen LogP contribution in [0.2, 0.25) is 0 Å². The SMILES string of the molecule is O=C(CO)N1CCC(c2[nH]nc(-c3cccc(C(F)(F)F)c3)c2-c2ccncn2)CC1. The molecule has 3 heterocycles. The maximum absolute atomic E-state index is 13.2. The fourth-order valence-electron chi connectivity index (χ4n) is 3.92. The number of alkyl halides is 3. The lowest BCUT2D eigenvalue weighted by Crippen LogP contribution is -2.39. The number of aliphatic hydroxyl groups excluding tert-OH is 1. The van der Waals surface area contributed by atoms with Crippen molar-refractivity contribution in [1.82, 2.24) is 25.1 Å². The first-order chi connectivity index (χ1) is 14.9. The zero-order valence-electron chi connectivity index (χ0n) is 16.4. The van der Waals surface area contributed by atoms with Crippen LogP contribution in [0.3, 0.4) is 0 Å². The lowest BCUT2D eigenvalue weighted by atomic mass is 9.88. The summed E-state index contributed by atoms with van der Waals surface area (Å²) in [5, 5.41) is 16.4. The van der Waals surface area contributed by atoms with Gasteiger partial charge in [0.1, 0.15) is 18.6 Å². The molecule has 1 saturated heterocycles. The van der Waals surface area contributed by atoms with Crippen LogP contribution in [0, 0.1) is 0 Å². The lowest BCUT2D eigenvalue weighted by Gasteiger charge is -2.31. The number of aromatic nitrogens is 4. The molecule has 1 aliphatic rings. The number of H-pyrrole nitrogens is 1. The van der Waals surface area contributed by atoms with Crippen LogP contribution in [-0.4, -0.2) is 55.8 Å². The highest BCUT2D eigenvalue weighted by atomic mass is 19.4. The van der Waals surface area contributed by atoms with Gasteiger partial charge in [-0.3, -0.25) is 9.89 Å². The summed E-state index contributed by atoms with van der Waals surface area (Å²) in [6.07, 6.45) is -0.250. The molecule has 31 heavy (non-hydrogen) atoms. The molecule has 10 heteroatoms. The summed E-state index contributed by atoms with van der Waals surface area (Å²) in [6.45, 7) is 0.428. The van der Waals surface area contributed by atoms with Crippen molar-refractivity contribution in [1.29, 1.82) is 0 Å². The predicted octanol–water partition coefficient (Wildman–Crippen LogP) is 3.25. The summed E-state index contributed by atoms with van der Waals surface area (Å²) in [6, 6.07) is 6.73. The maximum Gasteiger partial charge on any atom is 0.416 e. The minimum Gasteiger partial charge on any atom is -0.387 e. The van der Waals surface area contributed by atoms with Gasteiger partial charge in [0.05, 0.1) is 11.3 Å². The van der Waals surface area contributed by atoms with Crippen molar-refractivity contribution < 1.29 is 23.1 Å². The lowest BCUT2D eigenvalue weighted by molar-refractivity contribution is -0.137. The van der Waals surface area contributed by atoms with Crippen molar-refractivity contribution >= 4 is 5.91 Å². The third kappa shape index (κ3) is 4.29. The van der Waals surface area contributed by atoms with Gasteiger partial charge in [-0.15, -0.1) is 0 Å². The van der Waals surface area contributed by atoms with Gasteiger partial charge in [-0.25, -0.2) is 9.97 Å². The highest BCUT2D eigenvalue weighted by Crippen LogP contribution is 2.40. The van der Waals surface area contributed by atoms with E-state index in [1.165, 1.54) is 12.4 Å². The Morgan fingerprint density at radius 2 is 2.00 bits per heavy atom. The third-order valence-electron chi connectivity index (χ3n) is 5.49. The van der Waals surface area contributed by atoms with E-state index in [4.69, 9.17) is 5.11 Å². The van der Waals surface area contributed by atoms with Gasteiger partial charge in [0.2, 0.25) is 5.91 Å². The van der Waals surface area contributed by atoms with E-state index in [1.807, 2.05) is 0 Å². The van der Waals surface area contributed by atoms with E-state index >= 15 is 0 Å². The van der Waals surface area contributed by atoms with Gasteiger partial charge in [-0.2, -0.15) is 18.3 Å². The molecule has 0 saturated carbocycles. The molecule has 7 nitrogen and oxygen atoms in total. The Morgan fingerprint density at radius 1 is 1.23 bits per heavy atom. The maximum atomic E-state index is 13.2. The second-order valence-electron chi connectivity index (χ2n) is 7.35. The number of halogens is 3. The number of nitrogens with one attached hydrogen (secondary N) is 1. The summed E-state index contributed by atoms with van der Waals surface area (Å²) in [7, 11) is 0. The Bertz CT molecular complexity index is 1060. The standard InChI is InChI=1S/C21H20F3N5O2/c22-21(23,24)15-3-1-2-14(10-15)20-18(16-4-7-25-12-26-16)19(27-28-20)13-5-8-29(9-6-13)17(31)11-30/h1-4,7,10,12-13,30H,5-6,8-9,11H2,(H,27,28). The molecular formula is C21H20F3N5O2. The zero-order chi connectivity index (χ0) is 22.0. The molecule has 3 aromatic rings. The fraction of sp³-hybridized carbons (Fsp3) is 0.333. The van der Waals surface area contributed by atoms with Crippen molar-refractivity contribution in [3.05, 3.63) is 54.1 Å².